The standard InChI is InChI=1S/C9H13N2O9P.Li/c12-3-4-6(14)7(20-21(16,17)18)8(19-4)11-2-1-5(13)10-9(11)15;/h1-2,4,6-8,12,14H,3H2,(H,10,13,15)(H2,16,17,18);. The average molecular weight is 331 g/mol. The van der Waals surface area contributed by atoms with Crippen molar-refractivity contribution in [1.82, 2.24) is 9.55 Å². The number of H-pyrrole nitrogens is 1. The summed E-state index contributed by atoms with van der Waals surface area (Å²) in [6.45, 7) is -0.656. The first-order valence-electron chi connectivity index (χ1n) is 5.73. The smallest absolute Gasteiger partial charge is 0.394 e. The van der Waals surface area contributed by atoms with Crippen LogP contribution in [0.2, 0.25) is 0 Å². The summed E-state index contributed by atoms with van der Waals surface area (Å²) in [6, 6.07) is 0.984. The summed E-state index contributed by atoms with van der Waals surface area (Å²) < 4.78 is 21.3. The molecule has 1 radical (unpaired) electrons. The molecule has 2 rings (SSSR count). The minimum absolute atomic E-state index is 0. The molecule has 13 heteroatoms. The second-order valence-corrected chi connectivity index (χ2v) is 5.51. The Kier molecular flexibility index (Phi) is 6.34. The maximum atomic E-state index is 11.7. The van der Waals surface area contributed by atoms with Crippen molar-refractivity contribution in [2.45, 2.75) is 24.5 Å². The van der Waals surface area contributed by atoms with Gasteiger partial charge in [0.1, 0.15) is 18.3 Å². The molecular formula is C9H13LiN2O9P. The molecule has 1 saturated heterocycles. The topological polar surface area (TPSA) is 171 Å². The predicted molar refractivity (Wildman–Crippen MR) is 71.0 cm³/mol. The third kappa shape index (κ3) is 4.17. The molecule has 4 atom stereocenters. The minimum Gasteiger partial charge on any atom is -0.394 e. The van der Waals surface area contributed by atoms with Gasteiger partial charge in [-0.05, 0) is 0 Å². The number of aromatic amines is 1. The van der Waals surface area contributed by atoms with Crippen LogP contribution in [0.4, 0.5) is 0 Å². The molecule has 1 aliphatic heterocycles. The number of nitrogens with one attached hydrogen (secondary N) is 1. The molecule has 0 aliphatic carbocycles. The van der Waals surface area contributed by atoms with Crippen molar-refractivity contribution in [2.24, 2.45) is 0 Å². The van der Waals surface area contributed by atoms with Gasteiger partial charge in [0.05, 0.1) is 6.61 Å². The Bertz CT molecular complexity index is 670. The first-order chi connectivity index (χ1) is 9.73. The third-order valence-electron chi connectivity index (χ3n) is 2.88. The Morgan fingerprint density at radius 1 is 1.41 bits per heavy atom. The van der Waals surface area contributed by atoms with Crippen molar-refractivity contribution in [3.05, 3.63) is 33.1 Å². The Morgan fingerprint density at radius 2 is 2.05 bits per heavy atom. The van der Waals surface area contributed by atoms with E-state index in [9.17, 15) is 19.3 Å². The van der Waals surface area contributed by atoms with Crippen LogP contribution in [0.25, 0.3) is 0 Å². The van der Waals surface area contributed by atoms with E-state index in [2.05, 4.69) is 4.52 Å². The van der Waals surface area contributed by atoms with Gasteiger partial charge < -0.3 is 24.7 Å². The fourth-order valence-electron chi connectivity index (χ4n) is 1.99. The molecule has 0 spiro atoms. The number of phosphoric acid groups is 1. The molecule has 0 saturated carbocycles. The second-order valence-electron chi connectivity index (χ2n) is 4.32. The van der Waals surface area contributed by atoms with E-state index in [4.69, 9.17) is 19.6 Å². The summed E-state index contributed by atoms with van der Waals surface area (Å²) >= 11 is 0. The van der Waals surface area contributed by atoms with Gasteiger partial charge in [-0.3, -0.25) is 18.9 Å². The molecule has 5 N–H and O–H groups in total. The van der Waals surface area contributed by atoms with E-state index in [-0.39, 0.29) is 18.9 Å². The number of hydrogen-bond acceptors (Lipinski definition) is 7. The van der Waals surface area contributed by atoms with Crippen LogP contribution >= 0.6 is 7.82 Å². The largest absolute Gasteiger partial charge is 0.470 e. The number of aliphatic hydroxyl groups is 2. The van der Waals surface area contributed by atoms with Crippen LogP contribution in [0.5, 0.6) is 0 Å². The zero-order valence-electron chi connectivity index (χ0n) is 11.4. The molecule has 1 aromatic heterocycles. The van der Waals surface area contributed by atoms with Crippen molar-refractivity contribution in [2.75, 3.05) is 6.61 Å². The Balaban J connectivity index is 0.00000242. The van der Waals surface area contributed by atoms with Crippen molar-refractivity contribution >= 4 is 26.7 Å². The maximum Gasteiger partial charge on any atom is 0.470 e. The minimum atomic E-state index is -4.98. The van der Waals surface area contributed by atoms with Gasteiger partial charge in [0.25, 0.3) is 5.56 Å². The SMILES string of the molecule is O=c1ccn(C2OC(CO)C(O)C2OP(=O)(O)O)c(=O)[nH]1.[Li]. The van der Waals surface area contributed by atoms with E-state index in [0.717, 1.165) is 16.8 Å². The van der Waals surface area contributed by atoms with Crippen LogP contribution in [0.3, 0.4) is 0 Å². The normalized spacial score (nSPS) is 28.4. The molecule has 1 fully saturated rings. The Labute approximate surface area is 134 Å². The molecule has 2 heterocycles. The van der Waals surface area contributed by atoms with Crippen LogP contribution in [0.15, 0.2) is 21.9 Å². The average Bonchev–Trinajstić information content (AvgIpc) is 2.65. The molecule has 0 aromatic carbocycles. The summed E-state index contributed by atoms with van der Waals surface area (Å²) in [5.74, 6) is 0. The summed E-state index contributed by atoms with van der Waals surface area (Å²) in [5.41, 5.74) is -1.60. The van der Waals surface area contributed by atoms with Gasteiger partial charge in [0.2, 0.25) is 0 Å². The van der Waals surface area contributed by atoms with E-state index >= 15 is 0 Å². The number of nitrogens with zero attached hydrogens (tertiary/aromatic N) is 1. The summed E-state index contributed by atoms with van der Waals surface area (Å²) in [7, 11) is -4.98. The summed E-state index contributed by atoms with van der Waals surface area (Å²) in [5, 5.41) is 18.9. The number of phosphoric ester groups is 1. The summed E-state index contributed by atoms with van der Waals surface area (Å²) in [4.78, 5) is 42.3. The first-order valence-corrected chi connectivity index (χ1v) is 7.26. The van der Waals surface area contributed by atoms with E-state index in [1.54, 1.807) is 0 Å². The molecule has 4 unspecified atom stereocenters. The third-order valence-corrected chi connectivity index (χ3v) is 3.40. The Hall–Kier alpha value is -0.733. The fourth-order valence-corrected chi connectivity index (χ4v) is 2.54. The van der Waals surface area contributed by atoms with Crippen LogP contribution in [-0.2, 0) is 13.8 Å². The number of aromatic nitrogens is 2. The molecule has 1 aromatic rings. The summed E-state index contributed by atoms with van der Waals surface area (Å²) in [6.07, 6.45) is -4.79. The molecule has 1 aliphatic rings. The van der Waals surface area contributed by atoms with Crippen molar-refractivity contribution in [3.8, 4) is 0 Å². The predicted octanol–water partition coefficient (Wildman–Crippen LogP) is -3.12. The number of rotatable bonds is 4. The van der Waals surface area contributed by atoms with Crippen LogP contribution < -0.4 is 11.2 Å². The maximum absolute atomic E-state index is 11.7. The molecule has 0 bridgehead atoms. The van der Waals surface area contributed by atoms with E-state index in [1.807, 2.05) is 4.98 Å². The zero-order chi connectivity index (χ0) is 15.8. The van der Waals surface area contributed by atoms with Crippen LogP contribution in [0.1, 0.15) is 6.23 Å². The second kappa shape index (κ2) is 7.23. The van der Waals surface area contributed by atoms with Gasteiger partial charge in [0.15, 0.2) is 6.23 Å². The van der Waals surface area contributed by atoms with Gasteiger partial charge in [-0.15, -0.1) is 0 Å². The number of ether oxygens (including phenoxy) is 1. The Morgan fingerprint density at radius 3 is 2.55 bits per heavy atom. The number of hydrogen-bond donors (Lipinski definition) is 5. The molecule has 119 valence electrons. The van der Waals surface area contributed by atoms with Gasteiger partial charge >= 0.3 is 13.5 Å². The molecular weight excluding hydrogens is 318 g/mol. The molecule has 22 heavy (non-hydrogen) atoms. The van der Waals surface area contributed by atoms with Gasteiger partial charge in [-0.25, -0.2) is 9.36 Å². The van der Waals surface area contributed by atoms with Gasteiger partial charge in [0, 0.05) is 31.1 Å². The van der Waals surface area contributed by atoms with Crippen molar-refractivity contribution < 1.29 is 33.8 Å². The quantitative estimate of drug-likeness (QED) is 0.283. The van der Waals surface area contributed by atoms with Crippen LogP contribution in [0, 0.1) is 0 Å². The van der Waals surface area contributed by atoms with Crippen molar-refractivity contribution in [3.63, 3.8) is 0 Å². The van der Waals surface area contributed by atoms with Crippen molar-refractivity contribution in [1.29, 1.82) is 0 Å². The fraction of sp³-hybridized carbons (Fsp3) is 0.556. The molecule has 0 amide bonds. The van der Waals surface area contributed by atoms with E-state index < -0.39 is 50.2 Å². The first kappa shape index (κ1) is 19.3. The monoisotopic (exact) mass is 331 g/mol. The van der Waals surface area contributed by atoms with Gasteiger partial charge in [-0.2, -0.15) is 0 Å². The number of aliphatic hydroxyl groups excluding tert-OH is 2. The van der Waals surface area contributed by atoms with E-state index in [1.165, 1.54) is 0 Å². The van der Waals surface area contributed by atoms with E-state index in [0.29, 0.717) is 0 Å². The zero-order valence-corrected chi connectivity index (χ0v) is 12.3. The van der Waals surface area contributed by atoms with Crippen LogP contribution in [-0.4, -0.2) is 73.3 Å². The molecule has 11 nitrogen and oxygen atoms in total. The van der Waals surface area contributed by atoms with Gasteiger partial charge in [-0.1, -0.05) is 0 Å².